The van der Waals surface area contributed by atoms with Crippen molar-refractivity contribution in [3.8, 4) is 34.2 Å². The molecule has 0 radical (unpaired) electrons. The fourth-order valence-corrected chi connectivity index (χ4v) is 7.21. The van der Waals surface area contributed by atoms with Crippen LogP contribution in [0.25, 0.3) is 77.6 Å². The van der Waals surface area contributed by atoms with Crippen LogP contribution in [-0.4, -0.2) is 15.0 Å². The number of para-hydroxylation sites is 1. The Morgan fingerprint density at radius 2 is 0.923 bits per heavy atom. The Hall–Kier alpha value is -7.11. The van der Waals surface area contributed by atoms with Gasteiger partial charge in [-0.05, 0) is 64.0 Å². The number of furan rings is 1. The lowest BCUT2D eigenvalue weighted by molar-refractivity contribution is 0.669. The average Bonchev–Trinajstić information content (AvgIpc) is 3.61. The second-order valence-corrected chi connectivity index (χ2v) is 12.9. The quantitative estimate of drug-likeness (QED) is 0.177. The van der Waals surface area contributed by atoms with E-state index in [9.17, 15) is 0 Å². The van der Waals surface area contributed by atoms with Gasteiger partial charge in [-0.3, -0.25) is 0 Å². The highest BCUT2D eigenvalue weighted by atomic mass is 16.3. The van der Waals surface area contributed by atoms with Crippen molar-refractivity contribution in [2.75, 3.05) is 4.90 Å². The zero-order chi connectivity index (χ0) is 34.4. The lowest BCUT2D eigenvalue weighted by atomic mass is 10.00. The molecule has 0 N–H and O–H groups in total. The maximum Gasteiger partial charge on any atom is 0.164 e. The molecule has 0 atom stereocenters. The number of fused-ring (bicyclic) bond motifs is 6. The highest BCUT2D eigenvalue weighted by Gasteiger charge is 2.24. The molecule has 8 aromatic carbocycles. The van der Waals surface area contributed by atoms with E-state index >= 15 is 0 Å². The van der Waals surface area contributed by atoms with E-state index in [0.29, 0.717) is 17.5 Å². The minimum absolute atomic E-state index is 0.563. The lowest BCUT2D eigenvalue weighted by Crippen LogP contribution is -2.11. The Bertz CT molecular complexity index is 2850. The molecule has 0 amide bonds. The molecule has 244 valence electrons. The Morgan fingerprint density at radius 1 is 0.365 bits per heavy atom. The molecule has 10 rings (SSSR count). The number of hydrogen-bond donors (Lipinski definition) is 0. The number of benzene rings is 8. The Kier molecular flexibility index (Phi) is 7.07. The van der Waals surface area contributed by atoms with Crippen LogP contribution in [0.2, 0.25) is 0 Å². The number of rotatable bonds is 6. The average molecular weight is 667 g/mol. The zero-order valence-electron chi connectivity index (χ0n) is 28.0. The summed E-state index contributed by atoms with van der Waals surface area (Å²) >= 11 is 0. The molecule has 2 aromatic heterocycles. The van der Waals surface area contributed by atoms with Crippen LogP contribution in [0.4, 0.5) is 17.1 Å². The molecule has 5 heteroatoms. The summed E-state index contributed by atoms with van der Waals surface area (Å²) < 4.78 is 6.79. The van der Waals surface area contributed by atoms with Crippen LogP contribution in [0.3, 0.4) is 0 Å². The van der Waals surface area contributed by atoms with Gasteiger partial charge in [0.2, 0.25) is 0 Å². The van der Waals surface area contributed by atoms with E-state index < -0.39 is 0 Å². The van der Waals surface area contributed by atoms with E-state index in [1.165, 1.54) is 5.39 Å². The fourth-order valence-electron chi connectivity index (χ4n) is 7.21. The van der Waals surface area contributed by atoms with Crippen molar-refractivity contribution >= 4 is 60.5 Å². The number of hydrogen-bond acceptors (Lipinski definition) is 5. The third-order valence-electron chi connectivity index (χ3n) is 9.65. The van der Waals surface area contributed by atoms with Gasteiger partial charge < -0.3 is 9.32 Å². The third kappa shape index (κ3) is 5.15. The van der Waals surface area contributed by atoms with E-state index in [4.69, 9.17) is 19.4 Å². The van der Waals surface area contributed by atoms with Crippen LogP contribution in [0.5, 0.6) is 0 Å². The van der Waals surface area contributed by atoms with Gasteiger partial charge in [-0.25, -0.2) is 15.0 Å². The van der Waals surface area contributed by atoms with E-state index in [0.717, 1.165) is 71.8 Å². The van der Waals surface area contributed by atoms with Crippen LogP contribution in [0.1, 0.15) is 0 Å². The maximum absolute atomic E-state index is 6.79. The molecule has 0 saturated carbocycles. The van der Waals surface area contributed by atoms with E-state index in [2.05, 4.69) is 126 Å². The molecule has 0 bridgehead atoms. The molecule has 0 saturated heterocycles. The van der Waals surface area contributed by atoms with Gasteiger partial charge in [0.25, 0.3) is 0 Å². The van der Waals surface area contributed by atoms with Crippen molar-refractivity contribution in [1.82, 2.24) is 15.0 Å². The first-order valence-corrected chi connectivity index (χ1v) is 17.4. The molecule has 0 aliphatic carbocycles. The summed E-state index contributed by atoms with van der Waals surface area (Å²) in [5.41, 5.74) is 7.26. The molecule has 0 aliphatic rings. The van der Waals surface area contributed by atoms with Crippen molar-refractivity contribution < 1.29 is 4.42 Å². The van der Waals surface area contributed by atoms with Crippen LogP contribution in [0.15, 0.2) is 186 Å². The van der Waals surface area contributed by atoms with Gasteiger partial charge in [-0.1, -0.05) is 140 Å². The summed E-state index contributed by atoms with van der Waals surface area (Å²) in [6.07, 6.45) is 0. The molecule has 0 fully saturated rings. The molecule has 52 heavy (non-hydrogen) atoms. The maximum atomic E-state index is 6.79. The predicted molar refractivity (Wildman–Crippen MR) is 213 cm³/mol. The summed E-state index contributed by atoms with van der Waals surface area (Å²) in [6, 6.07) is 62.8. The van der Waals surface area contributed by atoms with E-state index in [1.54, 1.807) is 0 Å². The van der Waals surface area contributed by atoms with E-state index in [-0.39, 0.29) is 0 Å². The molecule has 10 aromatic rings. The molecular weight excluding hydrogens is 637 g/mol. The first-order chi connectivity index (χ1) is 25.8. The van der Waals surface area contributed by atoms with Gasteiger partial charge in [0.05, 0.1) is 11.1 Å². The van der Waals surface area contributed by atoms with Crippen molar-refractivity contribution in [2.24, 2.45) is 0 Å². The van der Waals surface area contributed by atoms with Gasteiger partial charge >= 0.3 is 0 Å². The molecular formula is C47H30N4O. The molecule has 0 spiro atoms. The van der Waals surface area contributed by atoms with Crippen molar-refractivity contribution in [3.63, 3.8) is 0 Å². The number of nitrogens with zero attached hydrogens (tertiary/aromatic N) is 4. The van der Waals surface area contributed by atoms with Gasteiger partial charge in [0, 0.05) is 33.5 Å². The Labute approximate surface area is 300 Å². The summed E-state index contributed by atoms with van der Waals surface area (Å²) in [5.74, 6) is 1.78. The SMILES string of the molecule is c1ccc(-c2nc(-c3ccccc3)nc(-c3cc(N(c4ccccc4)c4ccc5ccccc5c4)c4c(c3)oc3ccc5ccccc5c34)n2)cc1. The second-order valence-electron chi connectivity index (χ2n) is 12.9. The van der Waals surface area contributed by atoms with Gasteiger partial charge in [0.1, 0.15) is 11.2 Å². The largest absolute Gasteiger partial charge is 0.456 e. The van der Waals surface area contributed by atoms with Crippen molar-refractivity contribution in [1.29, 1.82) is 0 Å². The second kappa shape index (κ2) is 12.3. The van der Waals surface area contributed by atoms with Crippen LogP contribution >= 0.6 is 0 Å². The lowest BCUT2D eigenvalue weighted by Gasteiger charge is -2.27. The van der Waals surface area contributed by atoms with Gasteiger partial charge in [0.15, 0.2) is 17.5 Å². The topological polar surface area (TPSA) is 55.1 Å². The van der Waals surface area contributed by atoms with Crippen LogP contribution < -0.4 is 4.90 Å². The molecule has 2 heterocycles. The minimum Gasteiger partial charge on any atom is -0.456 e. The minimum atomic E-state index is 0.563. The Balaban J connectivity index is 1.31. The van der Waals surface area contributed by atoms with Gasteiger partial charge in [-0.15, -0.1) is 0 Å². The highest BCUT2D eigenvalue weighted by molar-refractivity contribution is 6.23. The summed E-state index contributed by atoms with van der Waals surface area (Å²) in [4.78, 5) is 17.5. The summed E-state index contributed by atoms with van der Waals surface area (Å²) in [5, 5.41) is 6.73. The van der Waals surface area contributed by atoms with E-state index in [1.807, 2.05) is 60.7 Å². The van der Waals surface area contributed by atoms with Crippen molar-refractivity contribution in [3.05, 3.63) is 182 Å². The van der Waals surface area contributed by atoms with Crippen LogP contribution in [0, 0.1) is 0 Å². The zero-order valence-corrected chi connectivity index (χ0v) is 28.0. The van der Waals surface area contributed by atoms with Crippen LogP contribution in [-0.2, 0) is 0 Å². The fraction of sp³-hybridized carbons (Fsp3) is 0. The summed E-state index contributed by atoms with van der Waals surface area (Å²) in [7, 11) is 0. The summed E-state index contributed by atoms with van der Waals surface area (Å²) in [6.45, 7) is 0. The third-order valence-corrected chi connectivity index (χ3v) is 9.65. The smallest absolute Gasteiger partial charge is 0.164 e. The highest BCUT2D eigenvalue weighted by Crippen LogP contribution is 2.47. The standard InChI is InChI=1S/C47H30N4O/c1-4-16-33(17-5-1)45-48-46(34-18-6-2-7-19-34)50-47(49-45)36-29-40(44-42(30-36)52-41-27-25-32-15-12-13-23-39(32)43(41)44)51(37-21-8-3-9-22-37)38-26-24-31-14-10-11-20-35(31)28-38/h1-30H. The Morgan fingerprint density at radius 3 is 1.62 bits per heavy atom. The number of aromatic nitrogens is 3. The first-order valence-electron chi connectivity index (χ1n) is 17.4. The van der Waals surface area contributed by atoms with Crippen molar-refractivity contribution in [2.45, 2.75) is 0 Å². The number of anilines is 3. The monoisotopic (exact) mass is 666 g/mol. The molecule has 0 unspecified atom stereocenters. The predicted octanol–water partition coefficient (Wildman–Crippen LogP) is 12.5. The first kappa shape index (κ1) is 29.8. The van der Waals surface area contributed by atoms with Gasteiger partial charge in [-0.2, -0.15) is 0 Å². The molecule has 0 aliphatic heterocycles. The molecule has 5 nitrogen and oxygen atoms in total. The normalized spacial score (nSPS) is 11.5.